The van der Waals surface area contributed by atoms with Crippen LogP contribution in [0.4, 0.5) is 0 Å². The highest BCUT2D eigenvalue weighted by atomic mass is 32.2. The van der Waals surface area contributed by atoms with Gasteiger partial charge in [-0.05, 0) is 24.5 Å². The van der Waals surface area contributed by atoms with Gasteiger partial charge in [-0.15, -0.1) is 11.8 Å². The summed E-state index contributed by atoms with van der Waals surface area (Å²) in [5.41, 5.74) is 5.26. The minimum Gasteiger partial charge on any atom is -0.491 e. The maximum atomic E-state index is 9.19. The number of hydrogen-bond acceptors (Lipinski definition) is 4. The maximum Gasteiger partial charge on any atom is 0.120 e. The fraction of sp³-hybridized carbons (Fsp3) is 0.400. The molecule has 0 heterocycles. The van der Waals surface area contributed by atoms with Gasteiger partial charge in [0.15, 0.2) is 0 Å². The summed E-state index contributed by atoms with van der Waals surface area (Å²) in [6.07, 6.45) is 1.42. The molecule has 1 aromatic carbocycles. The van der Waals surface area contributed by atoms with E-state index in [1.165, 1.54) is 0 Å². The van der Waals surface area contributed by atoms with E-state index in [0.717, 1.165) is 10.6 Å². The van der Waals surface area contributed by atoms with Gasteiger partial charge < -0.3 is 15.6 Å². The van der Waals surface area contributed by atoms with Gasteiger partial charge in [0.1, 0.15) is 18.5 Å². The molecule has 0 aliphatic rings. The lowest BCUT2D eigenvalue weighted by Crippen LogP contribution is -2.26. The number of nitrogens with two attached hydrogens (primary N) is 1. The standard InChI is InChI=1S/C10H15NO2S/c1-14-10-4-2-3-9(5-10)13-7-8(12)6-11/h2-5,8,12H,6-7,11H2,1H3. The van der Waals surface area contributed by atoms with E-state index < -0.39 is 6.10 Å². The molecule has 1 atom stereocenters. The van der Waals surface area contributed by atoms with E-state index in [1.807, 2.05) is 30.5 Å². The smallest absolute Gasteiger partial charge is 0.120 e. The Bertz CT molecular complexity index is 281. The summed E-state index contributed by atoms with van der Waals surface area (Å²) in [7, 11) is 0. The van der Waals surface area contributed by atoms with Crippen molar-refractivity contribution in [2.24, 2.45) is 5.73 Å². The summed E-state index contributed by atoms with van der Waals surface area (Å²) in [6, 6.07) is 7.74. The van der Waals surface area contributed by atoms with Crippen LogP contribution < -0.4 is 10.5 Å². The quantitative estimate of drug-likeness (QED) is 0.719. The van der Waals surface area contributed by atoms with Gasteiger partial charge in [0.2, 0.25) is 0 Å². The number of thioether (sulfide) groups is 1. The van der Waals surface area contributed by atoms with Gasteiger partial charge in [-0.25, -0.2) is 0 Å². The monoisotopic (exact) mass is 213 g/mol. The highest BCUT2D eigenvalue weighted by Crippen LogP contribution is 2.20. The van der Waals surface area contributed by atoms with Crippen molar-refractivity contribution < 1.29 is 9.84 Å². The second-order valence-corrected chi connectivity index (χ2v) is 3.76. The zero-order valence-corrected chi connectivity index (χ0v) is 8.96. The van der Waals surface area contributed by atoms with Crippen molar-refractivity contribution in [3.63, 3.8) is 0 Å². The molecule has 0 aromatic heterocycles. The summed E-state index contributed by atoms with van der Waals surface area (Å²) in [5.74, 6) is 0.768. The van der Waals surface area contributed by atoms with Crippen molar-refractivity contribution in [3.8, 4) is 5.75 Å². The molecule has 78 valence electrons. The van der Waals surface area contributed by atoms with Crippen molar-refractivity contribution >= 4 is 11.8 Å². The van der Waals surface area contributed by atoms with E-state index in [1.54, 1.807) is 11.8 Å². The van der Waals surface area contributed by atoms with Crippen molar-refractivity contribution in [3.05, 3.63) is 24.3 Å². The number of hydrogen-bond donors (Lipinski definition) is 2. The van der Waals surface area contributed by atoms with Crippen molar-refractivity contribution in [2.45, 2.75) is 11.0 Å². The molecule has 0 saturated carbocycles. The largest absolute Gasteiger partial charge is 0.491 e. The SMILES string of the molecule is CSc1cccc(OCC(O)CN)c1. The lowest BCUT2D eigenvalue weighted by Gasteiger charge is -2.10. The number of rotatable bonds is 5. The molecule has 0 saturated heterocycles. The van der Waals surface area contributed by atoms with Crippen LogP contribution in [0.1, 0.15) is 0 Å². The molecule has 0 fully saturated rings. The van der Waals surface area contributed by atoms with Gasteiger partial charge in [0, 0.05) is 11.4 Å². The highest BCUT2D eigenvalue weighted by Gasteiger charge is 2.02. The average molecular weight is 213 g/mol. The van der Waals surface area contributed by atoms with Gasteiger partial charge >= 0.3 is 0 Å². The highest BCUT2D eigenvalue weighted by molar-refractivity contribution is 7.98. The van der Waals surface area contributed by atoms with Crippen LogP contribution in [-0.4, -0.2) is 30.6 Å². The van der Waals surface area contributed by atoms with Gasteiger partial charge in [-0.3, -0.25) is 0 Å². The Kier molecular flexibility index (Phi) is 4.79. The molecular weight excluding hydrogens is 198 g/mol. The Morgan fingerprint density at radius 1 is 1.57 bits per heavy atom. The van der Waals surface area contributed by atoms with Gasteiger partial charge in [-0.1, -0.05) is 6.07 Å². The first-order valence-electron chi connectivity index (χ1n) is 4.41. The molecule has 0 spiro atoms. The summed E-state index contributed by atoms with van der Waals surface area (Å²) in [6.45, 7) is 0.469. The second-order valence-electron chi connectivity index (χ2n) is 2.88. The molecule has 3 N–H and O–H groups in total. The Hall–Kier alpha value is -0.710. The molecule has 1 unspecified atom stereocenters. The molecule has 14 heavy (non-hydrogen) atoms. The molecule has 0 radical (unpaired) electrons. The number of aliphatic hydroxyl groups is 1. The molecular formula is C10H15NO2S. The van der Waals surface area contributed by atoms with Crippen LogP contribution in [0, 0.1) is 0 Å². The van der Waals surface area contributed by atoms with E-state index in [0.29, 0.717) is 0 Å². The molecule has 0 amide bonds. The van der Waals surface area contributed by atoms with Crippen LogP contribution in [0.2, 0.25) is 0 Å². The topological polar surface area (TPSA) is 55.5 Å². The second kappa shape index (κ2) is 5.90. The molecule has 3 nitrogen and oxygen atoms in total. The Morgan fingerprint density at radius 2 is 2.36 bits per heavy atom. The summed E-state index contributed by atoms with van der Waals surface area (Å²) >= 11 is 1.66. The van der Waals surface area contributed by atoms with E-state index >= 15 is 0 Å². The third kappa shape index (κ3) is 3.57. The summed E-state index contributed by atoms with van der Waals surface area (Å²) in [5, 5.41) is 9.19. The Labute approximate surface area is 88.3 Å². The van der Waals surface area contributed by atoms with Gasteiger partial charge in [0.25, 0.3) is 0 Å². The minimum atomic E-state index is -0.590. The molecule has 1 rings (SSSR count). The van der Waals surface area contributed by atoms with Crippen LogP contribution in [0.15, 0.2) is 29.2 Å². The first kappa shape index (κ1) is 11.4. The minimum absolute atomic E-state index is 0.224. The molecule has 0 aliphatic carbocycles. The van der Waals surface area contributed by atoms with E-state index in [4.69, 9.17) is 10.5 Å². The maximum absolute atomic E-state index is 9.19. The molecule has 0 bridgehead atoms. The first-order chi connectivity index (χ1) is 6.76. The average Bonchev–Trinajstić information content (AvgIpc) is 2.26. The third-order valence-corrected chi connectivity index (χ3v) is 2.48. The van der Waals surface area contributed by atoms with Crippen LogP contribution in [-0.2, 0) is 0 Å². The summed E-state index contributed by atoms with van der Waals surface area (Å²) in [4.78, 5) is 1.14. The lowest BCUT2D eigenvalue weighted by atomic mass is 10.3. The zero-order valence-electron chi connectivity index (χ0n) is 8.14. The fourth-order valence-electron chi connectivity index (χ4n) is 0.951. The van der Waals surface area contributed by atoms with Crippen LogP contribution in [0.3, 0.4) is 0 Å². The third-order valence-electron chi connectivity index (χ3n) is 1.76. The zero-order chi connectivity index (χ0) is 10.4. The normalized spacial score (nSPS) is 12.5. The van der Waals surface area contributed by atoms with Gasteiger partial charge in [0.05, 0.1) is 0 Å². The molecule has 4 heteroatoms. The first-order valence-corrected chi connectivity index (χ1v) is 5.63. The molecule has 0 aliphatic heterocycles. The predicted octanol–water partition coefficient (Wildman–Crippen LogP) is 1.11. The van der Waals surface area contributed by atoms with Crippen molar-refractivity contribution in [2.75, 3.05) is 19.4 Å². The number of aliphatic hydroxyl groups excluding tert-OH is 1. The van der Waals surface area contributed by atoms with Crippen LogP contribution in [0.25, 0.3) is 0 Å². The summed E-state index contributed by atoms with van der Waals surface area (Å²) < 4.78 is 5.36. The predicted molar refractivity (Wildman–Crippen MR) is 58.8 cm³/mol. The van der Waals surface area contributed by atoms with Crippen molar-refractivity contribution in [1.29, 1.82) is 0 Å². The Balaban J connectivity index is 2.50. The van der Waals surface area contributed by atoms with Gasteiger partial charge in [-0.2, -0.15) is 0 Å². The van der Waals surface area contributed by atoms with E-state index in [9.17, 15) is 5.11 Å². The Morgan fingerprint density at radius 3 is 3.00 bits per heavy atom. The van der Waals surface area contributed by atoms with Crippen LogP contribution in [0.5, 0.6) is 5.75 Å². The number of ether oxygens (including phenoxy) is 1. The van der Waals surface area contributed by atoms with Crippen LogP contribution >= 0.6 is 11.8 Å². The number of benzene rings is 1. The van der Waals surface area contributed by atoms with E-state index in [2.05, 4.69) is 0 Å². The lowest BCUT2D eigenvalue weighted by molar-refractivity contribution is 0.114. The molecule has 1 aromatic rings. The fourth-order valence-corrected chi connectivity index (χ4v) is 1.40. The van der Waals surface area contributed by atoms with E-state index in [-0.39, 0.29) is 13.2 Å². The van der Waals surface area contributed by atoms with Crippen molar-refractivity contribution in [1.82, 2.24) is 0 Å².